The maximum absolute atomic E-state index is 5.65. The Labute approximate surface area is 162 Å². The molecule has 0 radical (unpaired) electrons. The fourth-order valence-electron chi connectivity index (χ4n) is 3.06. The highest BCUT2D eigenvalue weighted by Crippen LogP contribution is 2.30. The van der Waals surface area contributed by atoms with Crippen LogP contribution in [-0.4, -0.2) is 53.1 Å². The van der Waals surface area contributed by atoms with Gasteiger partial charge in [-0.15, -0.1) is 11.3 Å². The maximum Gasteiger partial charge on any atom is 0.245 e. The lowest BCUT2D eigenvalue weighted by atomic mass is 10.3. The number of methoxy groups -OCH3 is 1. The zero-order valence-electron chi connectivity index (χ0n) is 15.3. The van der Waals surface area contributed by atoms with E-state index in [1.54, 1.807) is 24.6 Å². The second kappa shape index (κ2) is 8.10. The quantitative estimate of drug-likeness (QED) is 0.670. The molecule has 3 heterocycles. The highest BCUT2D eigenvalue weighted by molar-refractivity contribution is 7.13. The minimum atomic E-state index is -0.212. The summed E-state index contributed by atoms with van der Waals surface area (Å²) in [6.07, 6.45) is 1.58. The SMILES string of the molecule is COC1COCCN1N(c1ccccc1)c1nccc(-c2scnc2C)n1. The van der Waals surface area contributed by atoms with E-state index in [2.05, 4.69) is 15.0 Å². The third kappa shape index (κ3) is 3.70. The summed E-state index contributed by atoms with van der Waals surface area (Å²) < 4.78 is 11.2. The summed E-state index contributed by atoms with van der Waals surface area (Å²) in [6.45, 7) is 3.79. The number of morpholine rings is 1. The lowest BCUT2D eigenvalue weighted by molar-refractivity contribution is -0.124. The molecule has 1 aromatic carbocycles. The van der Waals surface area contributed by atoms with E-state index in [1.165, 1.54) is 0 Å². The first-order chi connectivity index (χ1) is 13.3. The lowest BCUT2D eigenvalue weighted by Crippen LogP contribution is -2.54. The van der Waals surface area contributed by atoms with Gasteiger partial charge in [0.25, 0.3) is 0 Å². The number of anilines is 2. The molecule has 8 heteroatoms. The van der Waals surface area contributed by atoms with Crippen molar-refractivity contribution >= 4 is 23.0 Å². The standard InChI is InChI=1S/C19H21N5O2S/c1-14-18(27-13-21-14)16-8-9-20-19(22-16)24(15-6-4-3-5-7-15)23-10-11-26-12-17(23)25-2/h3-9,13,17H,10-12H2,1-2H3. The first-order valence-electron chi connectivity index (χ1n) is 8.73. The van der Waals surface area contributed by atoms with Gasteiger partial charge < -0.3 is 9.47 Å². The Morgan fingerprint density at radius 3 is 2.81 bits per heavy atom. The van der Waals surface area contributed by atoms with E-state index >= 15 is 0 Å². The van der Waals surface area contributed by atoms with Crippen LogP contribution in [0.2, 0.25) is 0 Å². The van der Waals surface area contributed by atoms with Crippen molar-refractivity contribution in [3.05, 3.63) is 53.8 Å². The predicted molar refractivity (Wildman–Crippen MR) is 105 cm³/mol. The topological polar surface area (TPSA) is 63.6 Å². The number of hydrazine groups is 1. The number of aromatic nitrogens is 3. The van der Waals surface area contributed by atoms with Gasteiger partial charge in [0.2, 0.25) is 5.95 Å². The monoisotopic (exact) mass is 383 g/mol. The van der Waals surface area contributed by atoms with Crippen LogP contribution >= 0.6 is 11.3 Å². The largest absolute Gasteiger partial charge is 0.376 e. The Hall–Kier alpha value is -2.39. The van der Waals surface area contributed by atoms with E-state index in [1.807, 2.05) is 53.8 Å². The summed E-state index contributed by atoms with van der Waals surface area (Å²) in [5, 5.41) is 4.12. The van der Waals surface area contributed by atoms with Crippen LogP contribution in [0.15, 0.2) is 48.1 Å². The van der Waals surface area contributed by atoms with Crippen LogP contribution in [0.5, 0.6) is 0 Å². The fraction of sp³-hybridized carbons (Fsp3) is 0.316. The molecule has 1 unspecified atom stereocenters. The van der Waals surface area contributed by atoms with E-state index in [0.29, 0.717) is 25.7 Å². The highest BCUT2D eigenvalue weighted by Gasteiger charge is 2.31. The third-order valence-electron chi connectivity index (χ3n) is 4.40. The van der Waals surface area contributed by atoms with Gasteiger partial charge in [-0.05, 0) is 25.1 Å². The van der Waals surface area contributed by atoms with Crippen LogP contribution < -0.4 is 5.01 Å². The van der Waals surface area contributed by atoms with Crippen LogP contribution in [-0.2, 0) is 9.47 Å². The molecule has 1 aliphatic heterocycles. The molecule has 0 amide bonds. The van der Waals surface area contributed by atoms with Crippen LogP contribution in [0, 0.1) is 6.92 Å². The van der Waals surface area contributed by atoms with Gasteiger partial charge >= 0.3 is 0 Å². The average Bonchev–Trinajstić information content (AvgIpc) is 3.16. The predicted octanol–water partition coefficient (Wildman–Crippen LogP) is 3.27. The van der Waals surface area contributed by atoms with Gasteiger partial charge in [0, 0.05) is 19.9 Å². The molecule has 2 aromatic heterocycles. The maximum atomic E-state index is 5.65. The summed E-state index contributed by atoms with van der Waals surface area (Å²) in [4.78, 5) is 14.8. The molecule has 1 saturated heterocycles. The van der Waals surface area contributed by atoms with Crippen molar-refractivity contribution in [2.24, 2.45) is 0 Å². The van der Waals surface area contributed by atoms with Crippen molar-refractivity contribution < 1.29 is 9.47 Å². The van der Waals surface area contributed by atoms with E-state index in [-0.39, 0.29) is 6.23 Å². The van der Waals surface area contributed by atoms with Gasteiger partial charge in [-0.2, -0.15) is 5.01 Å². The molecule has 3 aromatic rings. The van der Waals surface area contributed by atoms with Gasteiger partial charge in [0.15, 0.2) is 6.23 Å². The minimum Gasteiger partial charge on any atom is -0.376 e. The Balaban J connectivity index is 1.78. The normalized spacial score (nSPS) is 17.8. The fourth-order valence-corrected chi connectivity index (χ4v) is 3.84. The van der Waals surface area contributed by atoms with Crippen molar-refractivity contribution in [1.29, 1.82) is 0 Å². The number of aryl methyl sites for hydroxylation is 1. The summed E-state index contributed by atoms with van der Waals surface area (Å²) in [5.74, 6) is 0.593. The number of nitrogens with zero attached hydrogens (tertiary/aromatic N) is 5. The van der Waals surface area contributed by atoms with Crippen LogP contribution in [0.4, 0.5) is 11.6 Å². The minimum absolute atomic E-state index is 0.212. The average molecular weight is 383 g/mol. The molecular weight excluding hydrogens is 362 g/mol. The molecule has 140 valence electrons. The van der Waals surface area contributed by atoms with Crippen LogP contribution in [0.3, 0.4) is 0 Å². The van der Waals surface area contributed by atoms with E-state index in [9.17, 15) is 0 Å². The first-order valence-corrected chi connectivity index (χ1v) is 9.61. The van der Waals surface area contributed by atoms with Crippen molar-refractivity contribution in [2.45, 2.75) is 13.2 Å². The number of thiazole rings is 1. The molecule has 4 rings (SSSR count). The van der Waals surface area contributed by atoms with E-state index in [0.717, 1.165) is 22.0 Å². The van der Waals surface area contributed by atoms with Crippen LogP contribution in [0.25, 0.3) is 10.6 Å². The third-order valence-corrected chi connectivity index (χ3v) is 5.35. The number of ether oxygens (including phenoxy) is 2. The number of rotatable bonds is 5. The molecule has 1 aliphatic rings. The van der Waals surface area contributed by atoms with Gasteiger partial charge in [-0.1, -0.05) is 18.2 Å². The molecule has 0 spiro atoms. The van der Waals surface area contributed by atoms with Gasteiger partial charge in [-0.25, -0.2) is 20.0 Å². The highest BCUT2D eigenvalue weighted by atomic mass is 32.1. The molecule has 0 aliphatic carbocycles. The van der Waals surface area contributed by atoms with Crippen molar-refractivity contribution in [3.8, 4) is 10.6 Å². The summed E-state index contributed by atoms with van der Waals surface area (Å²) in [7, 11) is 1.69. The van der Waals surface area contributed by atoms with Crippen LogP contribution in [0.1, 0.15) is 5.69 Å². The van der Waals surface area contributed by atoms with Gasteiger partial charge in [0.1, 0.15) is 0 Å². The zero-order chi connectivity index (χ0) is 18.6. The van der Waals surface area contributed by atoms with Gasteiger partial charge in [0.05, 0.1) is 40.7 Å². The molecule has 0 N–H and O–H groups in total. The van der Waals surface area contributed by atoms with Gasteiger partial charge in [-0.3, -0.25) is 0 Å². The Bertz CT molecular complexity index is 889. The van der Waals surface area contributed by atoms with Crippen molar-refractivity contribution in [2.75, 3.05) is 31.9 Å². The smallest absolute Gasteiger partial charge is 0.245 e. The second-order valence-corrected chi connectivity index (χ2v) is 6.94. The lowest BCUT2D eigenvalue weighted by Gasteiger charge is -2.41. The summed E-state index contributed by atoms with van der Waals surface area (Å²) in [5.41, 5.74) is 4.64. The number of benzene rings is 1. The Morgan fingerprint density at radius 1 is 1.22 bits per heavy atom. The Morgan fingerprint density at radius 2 is 2.07 bits per heavy atom. The zero-order valence-corrected chi connectivity index (χ0v) is 16.1. The molecule has 0 saturated carbocycles. The van der Waals surface area contributed by atoms with E-state index < -0.39 is 0 Å². The molecule has 1 fully saturated rings. The number of para-hydroxylation sites is 1. The molecule has 27 heavy (non-hydrogen) atoms. The van der Waals surface area contributed by atoms with Crippen molar-refractivity contribution in [1.82, 2.24) is 20.0 Å². The summed E-state index contributed by atoms with van der Waals surface area (Å²) >= 11 is 1.58. The number of hydrogen-bond acceptors (Lipinski definition) is 8. The van der Waals surface area contributed by atoms with E-state index in [4.69, 9.17) is 14.5 Å². The molecule has 1 atom stereocenters. The second-order valence-electron chi connectivity index (χ2n) is 6.08. The first kappa shape index (κ1) is 18.0. The molecular formula is C19H21N5O2S. The Kier molecular flexibility index (Phi) is 5.40. The number of hydrogen-bond donors (Lipinski definition) is 0. The summed E-state index contributed by atoms with van der Waals surface area (Å²) in [6, 6.07) is 12.0. The van der Waals surface area contributed by atoms with Crippen molar-refractivity contribution in [3.63, 3.8) is 0 Å². The molecule has 7 nitrogen and oxygen atoms in total. The molecule has 0 bridgehead atoms.